The normalized spacial score (nSPS) is 31.7. The van der Waals surface area contributed by atoms with E-state index in [9.17, 15) is 5.11 Å². The van der Waals surface area contributed by atoms with E-state index in [1.807, 2.05) is 0 Å². The van der Waals surface area contributed by atoms with Crippen molar-refractivity contribution in [2.45, 2.75) is 59.0 Å². The van der Waals surface area contributed by atoms with Crippen LogP contribution in [0.25, 0.3) is 0 Å². The van der Waals surface area contributed by atoms with Crippen molar-refractivity contribution in [2.24, 2.45) is 17.8 Å². The summed E-state index contributed by atoms with van der Waals surface area (Å²) in [6.07, 6.45) is 4.03. The molecule has 1 aliphatic rings. The molecular weight excluding hydrogens is 232 g/mol. The van der Waals surface area contributed by atoms with Crippen molar-refractivity contribution < 1.29 is 5.11 Å². The van der Waals surface area contributed by atoms with Gasteiger partial charge < -0.3 is 5.11 Å². The van der Waals surface area contributed by atoms with Gasteiger partial charge in [-0.15, -0.1) is 0 Å². The van der Waals surface area contributed by atoms with Gasteiger partial charge in [0.1, 0.15) is 0 Å². The molecule has 1 saturated carbocycles. The van der Waals surface area contributed by atoms with Crippen molar-refractivity contribution in [3.05, 3.63) is 35.4 Å². The second kappa shape index (κ2) is 5.66. The Kier molecular flexibility index (Phi) is 4.35. The van der Waals surface area contributed by atoms with Crippen LogP contribution >= 0.6 is 0 Å². The van der Waals surface area contributed by atoms with E-state index in [2.05, 4.69) is 52.0 Å². The highest BCUT2D eigenvalue weighted by Crippen LogP contribution is 2.42. The van der Waals surface area contributed by atoms with E-state index in [0.29, 0.717) is 11.8 Å². The minimum Gasteiger partial charge on any atom is -0.385 e. The first-order valence-corrected chi connectivity index (χ1v) is 7.72. The minimum absolute atomic E-state index is 0.598. The molecule has 1 aromatic rings. The zero-order valence-electron chi connectivity index (χ0n) is 12.8. The Hall–Kier alpha value is -0.820. The van der Waals surface area contributed by atoms with Crippen LogP contribution in [0.4, 0.5) is 0 Å². The third-order valence-corrected chi connectivity index (χ3v) is 4.75. The van der Waals surface area contributed by atoms with Gasteiger partial charge in [-0.3, -0.25) is 0 Å². The van der Waals surface area contributed by atoms with E-state index in [1.54, 1.807) is 0 Å². The van der Waals surface area contributed by atoms with E-state index in [-0.39, 0.29) is 0 Å². The Morgan fingerprint density at radius 3 is 2.63 bits per heavy atom. The van der Waals surface area contributed by atoms with Gasteiger partial charge in [-0.25, -0.2) is 0 Å². The number of benzene rings is 1. The molecule has 0 aliphatic heterocycles. The summed E-state index contributed by atoms with van der Waals surface area (Å²) < 4.78 is 0. The lowest BCUT2D eigenvalue weighted by atomic mass is 9.70. The number of aliphatic hydroxyl groups is 1. The summed E-state index contributed by atoms with van der Waals surface area (Å²) >= 11 is 0. The third-order valence-electron chi connectivity index (χ3n) is 4.75. The molecule has 2 rings (SSSR count). The van der Waals surface area contributed by atoms with Crippen LogP contribution in [-0.4, -0.2) is 5.11 Å². The van der Waals surface area contributed by atoms with Crippen LogP contribution in [0.3, 0.4) is 0 Å². The number of hydrogen-bond acceptors (Lipinski definition) is 1. The van der Waals surface area contributed by atoms with Gasteiger partial charge in [-0.1, -0.05) is 52.0 Å². The Balaban J connectivity index is 2.21. The molecule has 3 atom stereocenters. The van der Waals surface area contributed by atoms with Crippen LogP contribution in [0.1, 0.15) is 58.1 Å². The molecule has 19 heavy (non-hydrogen) atoms. The summed E-state index contributed by atoms with van der Waals surface area (Å²) in [5.74, 6) is 2.00. The summed E-state index contributed by atoms with van der Waals surface area (Å²) in [6, 6.07) is 8.62. The maximum absolute atomic E-state index is 11.0. The molecule has 3 unspecified atom stereocenters. The highest BCUT2D eigenvalue weighted by molar-refractivity contribution is 5.29. The van der Waals surface area contributed by atoms with Gasteiger partial charge in [0.2, 0.25) is 0 Å². The Labute approximate surface area is 118 Å². The lowest BCUT2D eigenvalue weighted by Gasteiger charge is -2.39. The van der Waals surface area contributed by atoms with Gasteiger partial charge >= 0.3 is 0 Å². The van der Waals surface area contributed by atoms with Crippen LogP contribution in [0, 0.1) is 17.8 Å². The van der Waals surface area contributed by atoms with Crippen LogP contribution in [-0.2, 0) is 12.0 Å². The summed E-state index contributed by atoms with van der Waals surface area (Å²) in [6.45, 7) is 9.06. The molecule has 106 valence electrons. The van der Waals surface area contributed by atoms with Crippen molar-refractivity contribution in [3.8, 4) is 0 Å². The molecule has 0 spiro atoms. The zero-order chi connectivity index (χ0) is 14.0. The highest BCUT2D eigenvalue weighted by Gasteiger charge is 2.37. The summed E-state index contributed by atoms with van der Waals surface area (Å²) in [5, 5.41) is 11.0. The lowest BCUT2D eigenvalue weighted by Crippen LogP contribution is -2.35. The fourth-order valence-corrected chi connectivity index (χ4v) is 3.31. The Morgan fingerprint density at radius 1 is 1.26 bits per heavy atom. The van der Waals surface area contributed by atoms with Crippen LogP contribution in [0.15, 0.2) is 24.3 Å². The second-order valence-electron chi connectivity index (χ2n) is 7.03. The van der Waals surface area contributed by atoms with Crippen molar-refractivity contribution in [2.75, 3.05) is 0 Å². The first-order chi connectivity index (χ1) is 8.90. The average Bonchev–Trinajstić information content (AvgIpc) is 2.34. The third kappa shape index (κ3) is 3.39. The molecule has 1 fully saturated rings. The number of rotatable bonds is 3. The van der Waals surface area contributed by atoms with E-state index in [4.69, 9.17) is 0 Å². The molecule has 1 nitrogen and oxygen atoms in total. The zero-order valence-corrected chi connectivity index (χ0v) is 12.8. The van der Waals surface area contributed by atoms with Crippen molar-refractivity contribution in [3.63, 3.8) is 0 Å². The lowest BCUT2D eigenvalue weighted by molar-refractivity contribution is -0.0336. The van der Waals surface area contributed by atoms with Gasteiger partial charge in [-0.2, -0.15) is 0 Å². The minimum atomic E-state index is -0.598. The van der Waals surface area contributed by atoms with E-state index in [0.717, 1.165) is 37.2 Å². The van der Waals surface area contributed by atoms with Gasteiger partial charge in [0, 0.05) is 0 Å². The molecule has 0 heterocycles. The fourth-order valence-electron chi connectivity index (χ4n) is 3.31. The predicted octanol–water partition coefficient (Wildman–Crippen LogP) is 4.53. The van der Waals surface area contributed by atoms with Crippen LogP contribution in [0.2, 0.25) is 0 Å². The summed E-state index contributed by atoms with van der Waals surface area (Å²) in [7, 11) is 0. The van der Waals surface area contributed by atoms with Gasteiger partial charge in [0.05, 0.1) is 5.60 Å². The Morgan fingerprint density at radius 2 is 2.00 bits per heavy atom. The predicted molar refractivity (Wildman–Crippen MR) is 81.1 cm³/mol. The fraction of sp³-hybridized carbons (Fsp3) is 0.667. The van der Waals surface area contributed by atoms with Gasteiger partial charge in [0.25, 0.3) is 0 Å². The molecule has 1 heteroatoms. The highest BCUT2D eigenvalue weighted by atomic mass is 16.3. The molecular formula is C18H28O. The van der Waals surface area contributed by atoms with Crippen molar-refractivity contribution >= 4 is 0 Å². The molecule has 0 radical (unpaired) electrons. The molecule has 1 N–H and O–H groups in total. The first kappa shape index (κ1) is 14.6. The van der Waals surface area contributed by atoms with E-state index in [1.165, 1.54) is 5.56 Å². The quantitative estimate of drug-likeness (QED) is 0.846. The molecule has 1 aliphatic carbocycles. The molecule has 0 saturated heterocycles. The monoisotopic (exact) mass is 260 g/mol. The van der Waals surface area contributed by atoms with Crippen molar-refractivity contribution in [1.82, 2.24) is 0 Å². The van der Waals surface area contributed by atoms with Crippen molar-refractivity contribution in [1.29, 1.82) is 0 Å². The molecule has 0 amide bonds. The smallest absolute Gasteiger partial charge is 0.0899 e. The topological polar surface area (TPSA) is 20.2 Å². The Bertz CT molecular complexity index is 423. The van der Waals surface area contributed by atoms with Gasteiger partial charge in [-0.05, 0) is 54.6 Å². The maximum atomic E-state index is 11.0. The summed E-state index contributed by atoms with van der Waals surface area (Å²) in [5.41, 5.74) is 1.88. The second-order valence-corrected chi connectivity index (χ2v) is 7.03. The number of hydrogen-bond donors (Lipinski definition) is 1. The standard InChI is InChI=1S/C18H28O/c1-13(2)10-16-6-5-7-17(11-16)18(19)9-8-14(3)15(4)12-18/h5-7,11,13-15,19H,8-10,12H2,1-4H3. The van der Waals surface area contributed by atoms with Crippen LogP contribution < -0.4 is 0 Å². The van der Waals surface area contributed by atoms with E-state index < -0.39 is 5.60 Å². The average molecular weight is 260 g/mol. The SMILES string of the molecule is CC(C)Cc1cccc(C2(O)CCC(C)C(C)C2)c1. The van der Waals surface area contributed by atoms with Gasteiger partial charge in [0.15, 0.2) is 0 Å². The van der Waals surface area contributed by atoms with Crippen LogP contribution in [0.5, 0.6) is 0 Å². The first-order valence-electron chi connectivity index (χ1n) is 7.72. The molecule has 0 aromatic heterocycles. The molecule has 1 aromatic carbocycles. The summed E-state index contributed by atoms with van der Waals surface area (Å²) in [4.78, 5) is 0. The van der Waals surface area contributed by atoms with E-state index >= 15 is 0 Å². The largest absolute Gasteiger partial charge is 0.385 e. The maximum Gasteiger partial charge on any atom is 0.0899 e. The molecule has 0 bridgehead atoms.